The molecule has 0 fully saturated rings. The van der Waals surface area contributed by atoms with Crippen LogP contribution in [0.3, 0.4) is 0 Å². The number of nitrogens with zero attached hydrogens (tertiary/aromatic N) is 2. The summed E-state index contributed by atoms with van der Waals surface area (Å²) in [5.74, 6) is 0.878. The maximum atomic E-state index is 11.0. The number of ether oxygens (including phenoxy) is 1. The maximum Gasteiger partial charge on any atom is 0.150 e. The molecule has 1 aromatic carbocycles. The molecule has 4 heteroatoms. The van der Waals surface area contributed by atoms with Gasteiger partial charge in [0.1, 0.15) is 12.0 Å². The van der Waals surface area contributed by atoms with Crippen molar-refractivity contribution in [3.63, 3.8) is 0 Å². The number of hydrogen-bond acceptors (Lipinski definition) is 4. The van der Waals surface area contributed by atoms with Crippen LogP contribution < -0.4 is 4.74 Å². The van der Waals surface area contributed by atoms with E-state index < -0.39 is 0 Å². The summed E-state index contributed by atoms with van der Waals surface area (Å²) in [4.78, 5) is 15.1. The fraction of sp³-hybridized carbons (Fsp3) is 0.500. The van der Waals surface area contributed by atoms with Gasteiger partial charge in [0.05, 0.1) is 7.11 Å². The summed E-state index contributed by atoms with van der Waals surface area (Å²) in [7, 11) is 9.67. The lowest BCUT2D eigenvalue weighted by Crippen LogP contribution is -2.15. The highest BCUT2D eigenvalue weighted by atomic mass is 16.5. The molecule has 0 spiro atoms. The Labute approximate surface area is 109 Å². The van der Waals surface area contributed by atoms with Gasteiger partial charge in [0.15, 0.2) is 0 Å². The SMILES string of the molecule is COc1c(CN(C)C)cc(C=O)cc1CN(C)C. The topological polar surface area (TPSA) is 32.8 Å². The largest absolute Gasteiger partial charge is 0.496 e. The molecule has 0 heterocycles. The third-order valence-electron chi connectivity index (χ3n) is 2.58. The molecule has 1 rings (SSSR count). The second-order valence-corrected chi connectivity index (χ2v) is 4.97. The van der Waals surface area contributed by atoms with E-state index in [4.69, 9.17) is 4.74 Å². The average Bonchev–Trinajstić information content (AvgIpc) is 2.27. The third-order valence-corrected chi connectivity index (χ3v) is 2.58. The van der Waals surface area contributed by atoms with Crippen LogP contribution in [-0.2, 0) is 13.1 Å². The van der Waals surface area contributed by atoms with Gasteiger partial charge >= 0.3 is 0 Å². The van der Waals surface area contributed by atoms with Crippen molar-refractivity contribution >= 4 is 6.29 Å². The van der Waals surface area contributed by atoms with E-state index in [9.17, 15) is 4.79 Å². The first-order valence-electron chi connectivity index (χ1n) is 5.92. The predicted octanol–water partition coefficient (Wildman–Crippen LogP) is 1.63. The summed E-state index contributed by atoms with van der Waals surface area (Å²) >= 11 is 0. The van der Waals surface area contributed by atoms with E-state index in [1.54, 1.807) is 7.11 Å². The smallest absolute Gasteiger partial charge is 0.150 e. The van der Waals surface area contributed by atoms with Crippen molar-refractivity contribution in [2.45, 2.75) is 13.1 Å². The fourth-order valence-electron chi connectivity index (χ4n) is 2.03. The second-order valence-electron chi connectivity index (χ2n) is 4.97. The highest BCUT2D eigenvalue weighted by molar-refractivity contribution is 5.76. The first-order valence-corrected chi connectivity index (χ1v) is 5.92. The number of methoxy groups -OCH3 is 1. The summed E-state index contributed by atoms with van der Waals surface area (Å²) in [5, 5.41) is 0. The summed E-state index contributed by atoms with van der Waals surface area (Å²) in [6, 6.07) is 3.79. The van der Waals surface area contributed by atoms with Crippen molar-refractivity contribution in [1.29, 1.82) is 0 Å². The molecular formula is C14H22N2O2. The fourth-order valence-corrected chi connectivity index (χ4v) is 2.03. The number of rotatable bonds is 6. The molecular weight excluding hydrogens is 228 g/mol. The first kappa shape index (κ1) is 14.7. The first-order chi connectivity index (χ1) is 8.47. The molecule has 0 aliphatic carbocycles. The van der Waals surface area contributed by atoms with Gasteiger partial charge in [-0.3, -0.25) is 4.79 Å². The van der Waals surface area contributed by atoms with Crippen LogP contribution in [0.5, 0.6) is 5.75 Å². The molecule has 0 amide bonds. The van der Waals surface area contributed by atoms with Crippen LogP contribution in [0.25, 0.3) is 0 Å². The van der Waals surface area contributed by atoms with Crippen molar-refractivity contribution in [2.75, 3.05) is 35.3 Å². The lowest BCUT2D eigenvalue weighted by molar-refractivity contribution is 0.112. The van der Waals surface area contributed by atoms with Gasteiger partial charge in [-0.15, -0.1) is 0 Å². The molecule has 0 unspecified atom stereocenters. The van der Waals surface area contributed by atoms with Crippen molar-refractivity contribution in [3.05, 3.63) is 28.8 Å². The molecule has 1 aromatic rings. The number of aldehydes is 1. The zero-order valence-electron chi connectivity index (χ0n) is 11.9. The molecule has 0 radical (unpaired) electrons. The summed E-state index contributed by atoms with van der Waals surface area (Å²) in [6.45, 7) is 1.51. The molecule has 0 aromatic heterocycles. The van der Waals surface area contributed by atoms with Crippen LogP contribution in [-0.4, -0.2) is 51.4 Å². The molecule has 4 nitrogen and oxygen atoms in total. The highest BCUT2D eigenvalue weighted by Gasteiger charge is 2.13. The Kier molecular flexibility index (Phi) is 5.31. The predicted molar refractivity (Wildman–Crippen MR) is 73.2 cm³/mol. The van der Waals surface area contributed by atoms with E-state index in [0.29, 0.717) is 5.56 Å². The minimum absolute atomic E-state index is 0.699. The van der Waals surface area contributed by atoms with E-state index in [1.165, 1.54) is 0 Å². The van der Waals surface area contributed by atoms with Crippen molar-refractivity contribution in [1.82, 2.24) is 9.80 Å². The minimum Gasteiger partial charge on any atom is -0.496 e. The summed E-state index contributed by atoms with van der Waals surface area (Å²) in [6.07, 6.45) is 0.887. The number of benzene rings is 1. The van der Waals surface area contributed by atoms with Gasteiger partial charge in [0.2, 0.25) is 0 Å². The Balaban J connectivity index is 3.25. The van der Waals surface area contributed by atoms with Crippen LogP contribution in [0.1, 0.15) is 21.5 Å². The maximum absolute atomic E-state index is 11.0. The Morgan fingerprint density at radius 1 is 1.06 bits per heavy atom. The number of carbonyl (C=O) groups excluding carboxylic acids is 1. The Morgan fingerprint density at radius 2 is 1.50 bits per heavy atom. The quantitative estimate of drug-likeness (QED) is 0.718. The monoisotopic (exact) mass is 250 g/mol. The molecule has 18 heavy (non-hydrogen) atoms. The lowest BCUT2D eigenvalue weighted by Gasteiger charge is -2.19. The Hall–Kier alpha value is -1.39. The van der Waals surface area contributed by atoms with Gasteiger partial charge in [-0.25, -0.2) is 0 Å². The van der Waals surface area contributed by atoms with Crippen LogP contribution in [0.4, 0.5) is 0 Å². The average molecular weight is 250 g/mol. The van der Waals surface area contributed by atoms with Crippen molar-refractivity contribution in [3.8, 4) is 5.75 Å². The molecule has 0 saturated heterocycles. The number of hydrogen-bond donors (Lipinski definition) is 0. The molecule has 0 atom stereocenters. The standard InChI is InChI=1S/C14H22N2O2/c1-15(2)8-12-6-11(10-17)7-13(9-16(3)4)14(12)18-5/h6-7,10H,8-9H2,1-5H3. The van der Waals surface area contributed by atoms with Crippen molar-refractivity contribution in [2.24, 2.45) is 0 Å². The zero-order chi connectivity index (χ0) is 13.7. The Morgan fingerprint density at radius 3 is 1.78 bits per heavy atom. The summed E-state index contributed by atoms with van der Waals surface area (Å²) < 4.78 is 5.51. The van der Waals surface area contributed by atoms with E-state index in [2.05, 4.69) is 9.80 Å². The van der Waals surface area contributed by atoms with Gasteiger partial charge in [0.25, 0.3) is 0 Å². The van der Waals surface area contributed by atoms with Crippen LogP contribution in [0, 0.1) is 0 Å². The molecule has 0 aliphatic rings. The zero-order valence-corrected chi connectivity index (χ0v) is 11.9. The van der Waals surface area contributed by atoms with E-state index >= 15 is 0 Å². The minimum atomic E-state index is 0.699. The highest BCUT2D eigenvalue weighted by Crippen LogP contribution is 2.27. The van der Waals surface area contributed by atoms with Crippen LogP contribution >= 0.6 is 0 Å². The molecule has 0 saturated carbocycles. The summed E-state index contributed by atoms with van der Waals surface area (Å²) in [5.41, 5.74) is 2.79. The van der Waals surface area contributed by atoms with Gasteiger partial charge in [0, 0.05) is 29.8 Å². The molecule has 100 valence electrons. The molecule has 0 aliphatic heterocycles. The molecule has 0 N–H and O–H groups in total. The van der Waals surface area contributed by atoms with Gasteiger partial charge in [-0.1, -0.05) is 0 Å². The van der Waals surface area contributed by atoms with Gasteiger partial charge < -0.3 is 14.5 Å². The second kappa shape index (κ2) is 6.52. The van der Waals surface area contributed by atoms with Crippen molar-refractivity contribution < 1.29 is 9.53 Å². The third kappa shape index (κ3) is 3.82. The van der Waals surface area contributed by atoms with E-state index in [1.807, 2.05) is 40.3 Å². The molecule has 0 bridgehead atoms. The Bertz CT molecular complexity index is 383. The van der Waals surface area contributed by atoms with Gasteiger partial charge in [-0.2, -0.15) is 0 Å². The van der Waals surface area contributed by atoms with Gasteiger partial charge in [-0.05, 0) is 40.3 Å². The van der Waals surface area contributed by atoms with E-state index in [-0.39, 0.29) is 0 Å². The number of carbonyl (C=O) groups is 1. The normalized spacial score (nSPS) is 11.1. The lowest BCUT2D eigenvalue weighted by atomic mass is 10.0. The van der Waals surface area contributed by atoms with E-state index in [0.717, 1.165) is 36.3 Å². The van der Waals surface area contributed by atoms with Crippen LogP contribution in [0.15, 0.2) is 12.1 Å². The van der Waals surface area contributed by atoms with Crippen LogP contribution in [0.2, 0.25) is 0 Å².